The first-order chi connectivity index (χ1) is 10.5. The molecule has 1 atom stereocenters. The van der Waals surface area contributed by atoms with E-state index in [0.717, 1.165) is 24.3 Å². The molecule has 0 aliphatic heterocycles. The lowest BCUT2D eigenvalue weighted by Crippen LogP contribution is -2.30. The fraction of sp³-hybridized carbons (Fsp3) is 0.333. The van der Waals surface area contributed by atoms with Crippen LogP contribution in [0.1, 0.15) is 25.1 Å². The molecule has 0 spiro atoms. The number of hydrogen-bond acceptors (Lipinski definition) is 3. The zero-order valence-electron chi connectivity index (χ0n) is 13.4. The van der Waals surface area contributed by atoms with Crippen molar-refractivity contribution in [1.82, 2.24) is 9.88 Å². The third kappa shape index (κ3) is 4.97. The lowest BCUT2D eigenvalue weighted by molar-refractivity contribution is -0.114. The number of nitrogens with one attached hydrogen (secondary N) is 1. The molecule has 0 saturated heterocycles. The lowest BCUT2D eigenvalue weighted by Gasteiger charge is -2.24. The molecular formula is C18H23N3O. The second-order valence-corrected chi connectivity index (χ2v) is 5.67. The molecule has 1 heterocycles. The normalized spacial score (nSPS) is 12.2. The predicted octanol–water partition coefficient (Wildman–Crippen LogP) is 3.10. The van der Waals surface area contributed by atoms with Crippen molar-refractivity contribution in [3.8, 4) is 0 Å². The van der Waals surface area contributed by atoms with Crippen LogP contribution in [0.2, 0.25) is 0 Å². The number of benzene rings is 1. The molecule has 4 heteroatoms. The van der Waals surface area contributed by atoms with Gasteiger partial charge >= 0.3 is 0 Å². The summed E-state index contributed by atoms with van der Waals surface area (Å²) in [6.07, 6.45) is 2.77. The Labute approximate surface area is 132 Å². The van der Waals surface area contributed by atoms with Gasteiger partial charge in [0.15, 0.2) is 0 Å². The van der Waals surface area contributed by atoms with E-state index in [4.69, 9.17) is 0 Å². The Hall–Kier alpha value is -2.20. The molecule has 0 fully saturated rings. The molecule has 0 unspecified atom stereocenters. The van der Waals surface area contributed by atoms with E-state index in [1.54, 1.807) is 0 Å². The van der Waals surface area contributed by atoms with Crippen molar-refractivity contribution in [3.63, 3.8) is 0 Å². The van der Waals surface area contributed by atoms with E-state index in [2.05, 4.69) is 47.4 Å². The molecule has 1 amide bonds. The SMILES string of the molecule is CC(=O)Nc1ccc(CN(C)[C@H](C)Cc2ccccn2)cc1. The highest BCUT2D eigenvalue weighted by Gasteiger charge is 2.11. The molecular weight excluding hydrogens is 274 g/mol. The van der Waals surface area contributed by atoms with Gasteiger partial charge in [0.1, 0.15) is 0 Å². The third-order valence-corrected chi connectivity index (χ3v) is 3.69. The number of likely N-dealkylation sites (N-methyl/N-ethyl adjacent to an activating group) is 1. The first kappa shape index (κ1) is 16.2. The molecule has 2 rings (SSSR count). The molecule has 0 bridgehead atoms. The van der Waals surface area contributed by atoms with E-state index in [1.807, 2.05) is 30.5 Å². The topological polar surface area (TPSA) is 45.2 Å². The molecule has 0 saturated carbocycles. The maximum atomic E-state index is 11.0. The average Bonchev–Trinajstić information content (AvgIpc) is 2.49. The second-order valence-electron chi connectivity index (χ2n) is 5.67. The van der Waals surface area contributed by atoms with Crippen LogP contribution in [-0.2, 0) is 17.8 Å². The zero-order chi connectivity index (χ0) is 15.9. The van der Waals surface area contributed by atoms with Crippen LogP contribution in [0.25, 0.3) is 0 Å². The molecule has 0 aliphatic carbocycles. The van der Waals surface area contributed by atoms with Gasteiger partial charge in [-0.25, -0.2) is 0 Å². The molecule has 22 heavy (non-hydrogen) atoms. The van der Waals surface area contributed by atoms with Crippen LogP contribution >= 0.6 is 0 Å². The van der Waals surface area contributed by atoms with E-state index in [-0.39, 0.29) is 5.91 Å². The number of hydrogen-bond donors (Lipinski definition) is 1. The van der Waals surface area contributed by atoms with Crippen LogP contribution in [-0.4, -0.2) is 28.9 Å². The van der Waals surface area contributed by atoms with E-state index < -0.39 is 0 Å². The van der Waals surface area contributed by atoms with Crippen LogP contribution in [0.5, 0.6) is 0 Å². The van der Waals surface area contributed by atoms with Gasteiger partial charge in [0, 0.05) is 43.5 Å². The summed E-state index contributed by atoms with van der Waals surface area (Å²) in [5.41, 5.74) is 3.17. The summed E-state index contributed by atoms with van der Waals surface area (Å²) in [4.78, 5) is 17.7. The number of anilines is 1. The van der Waals surface area contributed by atoms with Crippen molar-refractivity contribution in [1.29, 1.82) is 0 Å². The summed E-state index contributed by atoms with van der Waals surface area (Å²) in [6.45, 7) is 4.59. The zero-order valence-corrected chi connectivity index (χ0v) is 13.4. The van der Waals surface area contributed by atoms with Gasteiger partial charge in [-0.15, -0.1) is 0 Å². The van der Waals surface area contributed by atoms with Crippen LogP contribution in [0.4, 0.5) is 5.69 Å². The number of carbonyl (C=O) groups is 1. The van der Waals surface area contributed by atoms with Crippen LogP contribution in [0, 0.1) is 0 Å². The van der Waals surface area contributed by atoms with Crippen molar-refractivity contribution in [2.45, 2.75) is 32.9 Å². The van der Waals surface area contributed by atoms with Gasteiger partial charge in [0.25, 0.3) is 0 Å². The molecule has 1 aromatic heterocycles. The fourth-order valence-corrected chi connectivity index (χ4v) is 2.32. The molecule has 116 valence electrons. The minimum absolute atomic E-state index is 0.0474. The Morgan fingerprint density at radius 3 is 2.55 bits per heavy atom. The molecule has 4 nitrogen and oxygen atoms in total. The fourth-order valence-electron chi connectivity index (χ4n) is 2.32. The van der Waals surface area contributed by atoms with E-state index in [1.165, 1.54) is 12.5 Å². The van der Waals surface area contributed by atoms with Crippen molar-refractivity contribution in [2.24, 2.45) is 0 Å². The Bertz CT molecular complexity index is 595. The van der Waals surface area contributed by atoms with E-state index in [9.17, 15) is 4.79 Å². The van der Waals surface area contributed by atoms with Crippen molar-refractivity contribution in [3.05, 3.63) is 59.9 Å². The molecule has 0 aliphatic rings. The molecule has 0 radical (unpaired) electrons. The number of pyridine rings is 1. The standard InChI is InChI=1S/C18H23N3O/c1-14(12-18-6-4-5-11-19-18)21(3)13-16-7-9-17(10-8-16)20-15(2)22/h4-11,14H,12-13H2,1-3H3,(H,20,22)/t14-/m1/s1. The highest BCUT2D eigenvalue weighted by molar-refractivity contribution is 5.88. The quantitative estimate of drug-likeness (QED) is 0.891. The Kier molecular flexibility index (Phi) is 5.67. The number of carbonyl (C=O) groups excluding carboxylic acids is 1. The van der Waals surface area contributed by atoms with Crippen LogP contribution in [0.3, 0.4) is 0 Å². The summed E-state index contributed by atoms with van der Waals surface area (Å²) in [7, 11) is 2.12. The Morgan fingerprint density at radius 1 is 1.23 bits per heavy atom. The summed E-state index contributed by atoms with van der Waals surface area (Å²) >= 11 is 0. The highest BCUT2D eigenvalue weighted by Crippen LogP contribution is 2.13. The van der Waals surface area contributed by atoms with Gasteiger partial charge in [-0.2, -0.15) is 0 Å². The van der Waals surface area contributed by atoms with Gasteiger partial charge < -0.3 is 5.32 Å². The van der Waals surface area contributed by atoms with Crippen LogP contribution < -0.4 is 5.32 Å². The van der Waals surface area contributed by atoms with Gasteiger partial charge in [-0.1, -0.05) is 18.2 Å². The Morgan fingerprint density at radius 2 is 1.95 bits per heavy atom. The first-order valence-electron chi connectivity index (χ1n) is 7.51. The maximum absolute atomic E-state index is 11.0. The number of aromatic nitrogens is 1. The largest absolute Gasteiger partial charge is 0.326 e. The lowest BCUT2D eigenvalue weighted by atomic mass is 10.1. The van der Waals surface area contributed by atoms with Crippen molar-refractivity contribution >= 4 is 11.6 Å². The monoisotopic (exact) mass is 297 g/mol. The van der Waals surface area contributed by atoms with Crippen molar-refractivity contribution < 1.29 is 4.79 Å². The smallest absolute Gasteiger partial charge is 0.221 e. The maximum Gasteiger partial charge on any atom is 0.221 e. The summed E-state index contributed by atoms with van der Waals surface area (Å²) in [5.74, 6) is -0.0474. The number of rotatable bonds is 6. The van der Waals surface area contributed by atoms with Gasteiger partial charge in [-0.05, 0) is 43.8 Å². The van der Waals surface area contributed by atoms with E-state index in [0.29, 0.717) is 6.04 Å². The number of amides is 1. The first-order valence-corrected chi connectivity index (χ1v) is 7.51. The van der Waals surface area contributed by atoms with Crippen LogP contribution in [0.15, 0.2) is 48.7 Å². The highest BCUT2D eigenvalue weighted by atomic mass is 16.1. The minimum atomic E-state index is -0.0474. The third-order valence-electron chi connectivity index (χ3n) is 3.69. The van der Waals surface area contributed by atoms with Crippen molar-refractivity contribution in [2.75, 3.05) is 12.4 Å². The van der Waals surface area contributed by atoms with E-state index >= 15 is 0 Å². The van der Waals surface area contributed by atoms with Gasteiger partial charge in [-0.3, -0.25) is 14.7 Å². The second kappa shape index (κ2) is 7.71. The minimum Gasteiger partial charge on any atom is -0.326 e. The summed E-state index contributed by atoms with van der Waals surface area (Å²) in [5, 5.41) is 2.78. The number of nitrogens with zero attached hydrogens (tertiary/aromatic N) is 2. The molecule has 1 N–H and O–H groups in total. The van der Waals surface area contributed by atoms with Gasteiger partial charge in [0.05, 0.1) is 0 Å². The van der Waals surface area contributed by atoms with Gasteiger partial charge in [0.2, 0.25) is 5.91 Å². The molecule has 2 aromatic rings. The summed E-state index contributed by atoms with van der Waals surface area (Å²) in [6, 6.07) is 14.4. The summed E-state index contributed by atoms with van der Waals surface area (Å²) < 4.78 is 0. The molecule has 1 aromatic carbocycles. The predicted molar refractivity (Wildman–Crippen MR) is 89.6 cm³/mol. The average molecular weight is 297 g/mol. The Balaban J connectivity index is 1.90.